The summed E-state index contributed by atoms with van der Waals surface area (Å²) in [6.45, 7) is 6.14. The fourth-order valence-corrected chi connectivity index (χ4v) is 4.72. The Morgan fingerprint density at radius 1 is 1.18 bits per heavy atom. The number of rotatable bonds is 4. The fraction of sp³-hybridized carbons (Fsp3) is 0.522. The topological polar surface area (TPSA) is 102 Å². The van der Waals surface area contributed by atoms with E-state index in [1.807, 2.05) is 4.90 Å². The number of amides is 1. The Morgan fingerprint density at radius 3 is 2.62 bits per heavy atom. The lowest BCUT2D eigenvalue weighted by Crippen LogP contribution is -2.50. The van der Waals surface area contributed by atoms with Crippen LogP contribution in [0.5, 0.6) is 5.88 Å². The molecule has 0 N–H and O–H groups in total. The normalized spacial score (nSPS) is 20.7. The number of anilines is 2. The molecule has 34 heavy (non-hydrogen) atoms. The molecule has 1 aromatic heterocycles. The number of fused-ring (bicyclic) bond motifs is 1. The maximum absolute atomic E-state index is 14.8. The second-order valence-corrected chi connectivity index (χ2v) is 11.6. The Bertz CT molecular complexity index is 1180. The van der Waals surface area contributed by atoms with Gasteiger partial charge >= 0.3 is 6.09 Å². The predicted molar refractivity (Wildman–Crippen MR) is 124 cm³/mol. The van der Waals surface area contributed by atoms with Gasteiger partial charge in [-0.15, -0.1) is 0 Å². The minimum absolute atomic E-state index is 0.111. The van der Waals surface area contributed by atoms with Gasteiger partial charge in [0.15, 0.2) is 16.0 Å². The summed E-state index contributed by atoms with van der Waals surface area (Å²) in [4.78, 5) is 24.3. The third-order valence-corrected chi connectivity index (χ3v) is 6.79. The van der Waals surface area contributed by atoms with Gasteiger partial charge in [-0.05, 0) is 51.0 Å². The Morgan fingerprint density at radius 2 is 1.94 bits per heavy atom. The zero-order chi connectivity index (χ0) is 24.7. The van der Waals surface area contributed by atoms with Crippen molar-refractivity contribution in [2.24, 2.45) is 0 Å². The van der Waals surface area contributed by atoms with E-state index in [1.165, 1.54) is 17.5 Å². The third kappa shape index (κ3) is 5.40. The molecule has 2 aliphatic rings. The molecule has 0 saturated carbocycles. The number of hydrogen-bond donors (Lipinski definition) is 0. The van der Waals surface area contributed by atoms with Crippen LogP contribution in [0.3, 0.4) is 0 Å². The molecule has 2 atom stereocenters. The average molecular weight is 493 g/mol. The van der Waals surface area contributed by atoms with Crippen molar-refractivity contribution in [1.29, 1.82) is 0 Å². The molecule has 0 bridgehead atoms. The first-order valence-electron chi connectivity index (χ1n) is 11.1. The smallest absolute Gasteiger partial charge is 0.410 e. The number of aromatic nitrogens is 2. The van der Waals surface area contributed by atoms with Crippen LogP contribution in [0.1, 0.15) is 32.8 Å². The first kappa shape index (κ1) is 24.2. The van der Waals surface area contributed by atoms with Crippen LogP contribution in [0.15, 0.2) is 35.5 Å². The van der Waals surface area contributed by atoms with Crippen molar-refractivity contribution >= 4 is 27.4 Å². The monoisotopic (exact) mass is 492 g/mol. The molecule has 1 fully saturated rings. The van der Waals surface area contributed by atoms with Crippen molar-refractivity contribution in [3.63, 3.8) is 0 Å². The first-order valence-corrected chi connectivity index (χ1v) is 13.0. The number of sulfone groups is 1. The number of halogens is 1. The highest BCUT2D eigenvalue weighted by atomic mass is 32.2. The molecule has 0 spiro atoms. The van der Waals surface area contributed by atoms with Gasteiger partial charge in [0, 0.05) is 37.5 Å². The van der Waals surface area contributed by atoms with Gasteiger partial charge in [-0.25, -0.2) is 27.6 Å². The predicted octanol–water partition coefficient (Wildman–Crippen LogP) is 3.30. The Kier molecular flexibility index (Phi) is 6.41. The lowest BCUT2D eigenvalue weighted by Gasteiger charge is -2.35. The summed E-state index contributed by atoms with van der Waals surface area (Å²) in [5.41, 5.74) is 1.14. The minimum atomic E-state index is -3.29. The lowest BCUT2D eigenvalue weighted by molar-refractivity contribution is -0.0114. The average Bonchev–Trinajstić information content (AvgIpc) is 3.17. The molecule has 2 aromatic rings. The zero-order valence-electron chi connectivity index (χ0n) is 19.7. The Balaban J connectivity index is 1.43. The van der Waals surface area contributed by atoms with Crippen molar-refractivity contribution < 1.29 is 27.1 Å². The minimum Gasteiger partial charge on any atom is -0.471 e. The van der Waals surface area contributed by atoms with E-state index in [-0.39, 0.29) is 17.3 Å². The number of ether oxygens (including phenoxy) is 2. The van der Waals surface area contributed by atoms with Crippen molar-refractivity contribution in [1.82, 2.24) is 14.9 Å². The molecule has 9 nitrogen and oxygen atoms in total. The standard InChI is InChI=1S/C23H29FN4O5S/c1-23(2,3)33-22(29)27-9-8-19(17(24)13-27)32-21-12-20(25-14-26-21)28-10-7-15-11-16(34(4,30)31)5-6-18(15)28/h5-6,11-12,14,17,19H,7-10,13H2,1-4H3/t17-,19+/m1/s1. The van der Waals surface area contributed by atoms with Gasteiger partial charge in [0.1, 0.15) is 23.9 Å². The van der Waals surface area contributed by atoms with Gasteiger partial charge in [0.05, 0.1) is 11.4 Å². The number of hydrogen-bond acceptors (Lipinski definition) is 8. The highest BCUT2D eigenvalue weighted by Crippen LogP contribution is 2.35. The fourth-order valence-electron chi connectivity index (χ4n) is 4.05. The molecule has 4 rings (SSSR count). The molecule has 11 heteroatoms. The Hall–Kier alpha value is -2.95. The van der Waals surface area contributed by atoms with E-state index in [4.69, 9.17) is 9.47 Å². The van der Waals surface area contributed by atoms with Crippen molar-refractivity contribution in [3.05, 3.63) is 36.2 Å². The van der Waals surface area contributed by atoms with Gasteiger partial charge in [0.2, 0.25) is 5.88 Å². The van der Waals surface area contributed by atoms with Crippen LogP contribution < -0.4 is 9.64 Å². The summed E-state index contributed by atoms with van der Waals surface area (Å²) in [6.07, 6.45) is 0.855. The second kappa shape index (κ2) is 9.01. The van der Waals surface area contributed by atoms with Gasteiger partial charge < -0.3 is 19.3 Å². The van der Waals surface area contributed by atoms with E-state index in [0.29, 0.717) is 31.7 Å². The molecule has 3 heterocycles. The quantitative estimate of drug-likeness (QED) is 0.641. The molecule has 1 aromatic carbocycles. The lowest BCUT2D eigenvalue weighted by atomic mass is 10.1. The number of likely N-dealkylation sites (tertiary alicyclic amines) is 1. The second-order valence-electron chi connectivity index (χ2n) is 9.57. The summed E-state index contributed by atoms with van der Waals surface area (Å²) in [6, 6.07) is 6.69. The van der Waals surface area contributed by atoms with Gasteiger partial charge in [-0.1, -0.05) is 0 Å². The van der Waals surface area contributed by atoms with E-state index in [1.54, 1.807) is 45.0 Å². The molecular weight excluding hydrogens is 463 g/mol. The molecule has 2 aliphatic heterocycles. The van der Waals surface area contributed by atoms with E-state index < -0.39 is 33.8 Å². The summed E-state index contributed by atoms with van der Waals surface area (Å²) in [5, 5.41) is 0. The van der Waals surface area contributed by atoms with Crippen LogP contribution in [0.4, 0.5) is 20.7 Å². The van der Waals surface area contributed by atoms with Crippen molar-refractivity contribution in [2.45, 2.75) is 56.4 Å². The molecule has 0 unspecified atom stereocenters. The number of nitrogens with zero attached hydrogens (tertiary/aromatic N) is 4. The maximum atomic E-state index is 14.8. The van der Waals surface area contributed by atoms with E-state index in [0.717, 1.165) is 11.3 Å². The van der Waals surface area contributed by atoms with E-state index in [9.17, 15) is 17.6 Å². The summed E-state index contributed by atoms with van der Waals surface area (Å²) >= 11 is 0. The zero-order valence-corrected chi connectivity index (χ0v) is 20.5. The number of benzene rings is 1. The number of carbonyl (C=O) groups excluding carboxylic acids is 1. The largest absolute Gasteiger partial charge is 0.471 e. The van der Waals surface area contributed by atoms with Crippen LogP contribution in [-0.4, -0.2) is 73.1 Å². The third-order valence-electron chi connectivity index (χ3n) is 5.68. The summed E-state index contributed by atoms with van der Waals surface area (Å²) in [5.74, 6) is 0.821. The highest BCUT2D eigenvalue weighted by Gasteiger charge is 2.35. The molecule has 0 aliphatic carbocycles. The van der Waals surface area contributed by atoms with Gasteiger partial charge in [-0.3, -0.25) is 0 Å². The molecule has 0 radical (unpaired) electrons. The van der Waals surface area contributed by atoms with Crippen LogP contribution >= 0.6 is 0 Å². The van der Waals surface area contributed by atoms with Crippen LogP contribution in [0.2, 0.25) is 0 Å². The highest BCUT2D eigenvalue weighted by molar-refractivity contribution is 7.90. The molecular formula is C23H29FN4O5S. The van der Waals surface area contributed by atoms with Gasteiger partial charge in [0.25, 0.3) is 0 Å². The summed E-state index contributed by atoms with van der Waals surface area (Å²) in [7, 11) is -3.29. The molecule has 1 amide bonds. The molecule has 184 valence electrons. The van der Waals surface area contributed by atoms with Crippen LogP contribution in [-0.2, 0) is 21.0 Å². The molecule has 1 saturated heterocycles. The van der Waals surface area contributed by atoms with Crippen LogP contribution in [0.25, 0.3) is 0 Å². The van der Waals surface area contributed by atoms with E-state index in [2.05, 4.69) is 9.97 Å². The van der Waals surface area contributed by atoms with Crippen molar-refractivity contribution in [3.8, 4) is 5.88 Å². The SMILES string of the molecule is CC(C)(C)OC(=O)N1CC[C@H](Oc2cc(N3CCc4cc(S(C)(=O)=O)ccc43)ncn2)[C@H](F)C1. The number of carbonyl (C=O) groups is 1. The van der Waals surface area contributed by atoms with Gasteiger partial charge in [-0.2, -0.15) is 0 Å². The van der Waals surface area contributed by atoms with Crippen molar-refractivity contribution in [2.75, 3.05) is 30.8 Å². The number of piperidine rings is 1. The Labute approximate surface area is 198 Å². The first-order chi connectivity index (χ1) is 15.9. The number of alkyl halides is 1. The maximum Gasteiger partial charge on any atom is 0.410 e. The van der Waals surface area contributed by atoms with E-state index >= 15 is 0 Å². The van der Waals surface area contributed by atoms with Crippen LogP contribution in [0, 0.1) is 0 Å². The summed E-state index contributed by atoms with van der Waals surface area (Å²) < 4.78 is 49.7.